The van der Waals surface area contributed by atoms with Crippen LogP contribution in [0.5, 0.6) is 0 Å². The van der Waals surface area contributed by atoms with Gasteiger partial charge >= 0.3 is 0 Å². The van der Waals surface area contributed by atoms with E-state index in [1.165, 1.54) is 20.5 Å². The van der Waals surface area contributed by atoms with Crippen LogP contribution in [0.1, 0.15) is 5.56 Å². The zero-order chi connectivity index (χ0) is 16.0. The van der Waals surface area contributed by atoms with Crippen LogP contribution in [-0.4, -0.2) is 9.97 Å². The van der Waals surface area contributed by atoms with Crippen LogP contribution in [0.15, 0.2) is 41.8 Å². The number of pyridine rings is 1. The Labute approximate surface area is 151 Å². The number of halogens is 2. The Bertz CT molecular complexity index is 1000. The highest BCUT2D eigenvalue weighted by molar-refractivity contribution is 7.22. The van der Waals surface area contributed by atoms with Gasteiger partial charge in [0.25, 0.3) is 0 Å². The number of fused-ring (bicyclic) bond motifs is 1. The Morgan fingerprint density at radius 2 is 1.74 bits per heavy atom. The Morgan fingerprint density at radius 3 is 2.48 bits per heavy atom. The van der Waals surface area contributed by atoms with Crippen molar-refractivity contribution in [3.05, 3.63) is 57.6 Å². The minimum Gasteiger partial charge on any atom is -0.235 e. The smallest absolute Gasteiger partial charge is 0.131 e. The van der Waals surface area contributed by atoms with Gasteiger partial charge in [0.1, 0.15) is 15.3 Å². The van der Waals surface area contributed by atoms with Crippen molar-refractivity contribution in [3.63, 3.8) is 0 Å². The standard InChI is InChI=1S/C17H10Cl2N2S2/c1-9-11-4-2-3-5-13(11)23-16(9)12-8-22-17(20-12)10-6-14(18)21-15(19)7-10/h2-8H,1H3. The second-order valence-corrected chi connectivity index (χ2v) is 7.78. The van der Waals surface area contributed by atoms with Crippen LogP contribution in [0.25, 0.3) is 31.2 Å². The third-order valence-corrected chi connectivity index (χ3v) is 6.16. The molecule has 0 atom stereocenters. The maximum Gasteiger partial charge on any atom is 0.131 e. The van der Waals surface area contributed by atoms with Gasteiger partial charge in [0.2, 0.25) is 0 Å². The molecule has 23 heavy (non-hydrogen) atoms. The van der Waals surface area contributed by atoms with Gasteiger partial charge in [-0.05, 0) is 36.1 Å². The summed E-state index contributed by atoms with van der Waals surface area (Å²) < 4.78 is 1.28. The average molecular weight is 377 g/mol. The van der Waals surface area contributed by atoms with E-state index >= 15 is 0 Å². The molecule has 2 nitrogen and oxygen atoms in total. The predicted octanol–water partition coefficient (Wildman–Crippen LogP) is 6.70. The molecule has 0 aliphatic carbocycles. The predicted molar refractivity (Wildman–Crippen MR) is 101 cm³/mol. The first-order chi connectivity index (χ1) is 11.1. The lowest BCUT2D eigenvalue weighted by atomic mass is 10.1. The fraction of sp³-hybridized carbons (Fsp3) is 0.0588. The highest BCUT2D eigenvalue weighted by Crippen LogP contribution is 2.39. The van der Waals surface area contributed by atoms with Crippen molar-refractivity contribution in [2.45, 2.75) is 6.92 Å². The van der Waals surface area contributed by atoms with Crippen LogP contribution < -0.4 is 0 Å². The Morgan fingerprint density at radius 1 is 1.00 bits per heavy atom. The zero-order valence-electron chi connectivity index (χ0n) is 12.0. The van der Waals surface area contributed by atoms with Crippen LogP contribution in [0.2, 0.25) is 10.3 Å². The van der Waals surface area contributed by atoms with Gasteiger partial charge in [0, 0.05) is 15.6 Å². The van der Waals surface area contributed by atoms with Gasteiger partial charge < -0.3 is 0 Å². The third kappa shape index (κ3) is 2.76. The van der Waals surface area contributed by atoms with Crippen LogP contribution in [-0.2, 0) is 0 Å². The minimum atomic E-state index is 0.377. The first-order valence-corrected chi connectivity index (χ1v) is 9.34. The van der Waals surface area contributed by atoms with Crippen LogP contribution in [0, 0.1) is 6.92 Å². The van der Waals surface area contributed by atoms with Crippen LogP contribution >= 0.6 is 45.9 Å². The molecule has 0 fully saturated rings. The molecule has 0 radical (unpaired) electrons. The second-order valence-electron chi connectivity index (χ2n) is 5.09. The summed E-state index contributed by atoms with van der Waals surface area (Å²) in [4.78, 5) is 9.96. The van der Waals surface area contributed by atoms with Crippen molar-refractivity contribution >= 4 is 56.0 Å². The van der Waals surface area contributed by atoms with E-state index in [0.29, 0.717) is 10.3 Å². The van der Waals surface area contributed by atoms with Gasteiger partial charge in [0.05, 0.1) is 10.6 Å². The van der Waals surface area contributed by atoms with Crippen molar-refractivity contribution in [1.82, 2.24) is 9.97 Å². The zero-order valence-corrected chi connectivity index (χ0v) is 15.2. The summed E-state index contributed by atoms with van der Waals surface area (Å²) in [5.41, 5.74) is 3.16. The second kappa shape index (κ2) is 5.87. The summed E-state index contributed by atoms with van der Waals surface area (Å²) in [7, 11) is 0. The third-order valence-electron chi connectivity index (χ3n) is 3.59. The molecule has 0 bridgehead atoms. The first kappa shape index (κ1) is 15.1. The molecule has 0 N–H and O–H groups in total. The molecular formula is C17H10Cl2N2S2. The van der Waals surface area contributed by atoms with E-state index in [0.717, 1.165) is 16.3 Å². The van der Waals surface area contributed by atoms with E-state index in [1.807, 2.05) is 0 Å². The van der Waals surface area contributed by atoms with Crippen molar-refractivity contribution in [3.8, 4) is 21.1 Å². The fourth-order valence-corrected chi connectivity index (χ4v) is 5.02. The van der Waals surface area contributed by atoms with E-state index in [9.17, 15) is 0 Å². The molecule has 3 heterocycles. The Kier molecular flexibility index (Phi) is 3.85. The van der Waals surface area contributed by atoms with Crippen LogP contribution in [0.3, 0.4) is 0 Å². The van der Waals surface area contributed by atoms with E-state index in [2.05, 4.69) is 41.6 Å². The molecule has 4 rings (SSSR count). The average Bonchev–Trinajstić information content (AvgIpc) is 3.12. The number of thiazole rings is 1. The number of nitrogens with zero attached hydrogens (tertiary/aromatic N) is 2. The topological polar surface area (TPSA) is 25.8 Å². The molecule has 4 aromatic rings. The lowest BCUT2D eigenvalue weighted by Gasteiger charge is -1.98. The monoisotopic (exact) mass is 376 g/mol. The van der Waals surface area contributed by atoms with Gasteiger partial charge in [0.15, 0.2) is 0 Å². The Hall–Kier alpha value is -1.46. The molecule has 0 saturated carbocycles. The maximum absolute atomic E-state index is 5.99. The molecule has 0 unspecified atom stereocenters. The lowest BCUT2D eigenvalue weighted by molar-refractivity contribution is 1.32. The normalized spacial score (nSPS) is 11.3. The summed E-state index contributed by atoms with van der Waals surface area (Å²) >= 11 is 15.3. The molecule has 0 saturated heterocycles. The molecule has 3 aromatic heterocycles. The van der Waals surface area contributed by atoms with Crippen molar-refractivity contribution in [2.75, 3.05) is 0 Å². The van der Waals surface area contributed by atoms with Gasteiger partial charge in [-0.3, -0.25) is 0 Å². The molecule has 0 aliphatic heterocycles. The van der Waals surface area contributed by atoms with Crippen molar-refractivity contribution < 1.29 is 0 Å². The summed E-state index contributed by atoms with van der Waals surface area (Å²) in [6.07, 6.45) is 0. The number of hydrogen-bond donors (Lipinski definition) is 0. The van der Waals surface area contributed by atoms with Gasteiger partial charge in [-0.1, -0.05) is 41.4 Å². The summed E-state index contributed by atoms with van der Waals surface area (Å²) in [5.74, 6) is 0. The largest absolute Gasteiger partial charge is 0.235 e. The molecule has 114 valence electrons. The fourth-order valence-electron chi connectivity index (χ4n) is 2.52. The first-order valence-electron chi connectivity index (χ1n) is 6.89. The van der Waals surface area contributed by atoms with E-state index < -0.39 is 0 Å². The Balaban J connectivity index is 1.82. The molecule has 0 amide bonds. The number of aryl methyl sites for hydroxylation is 1. The van der Waals surface area contributed by atoms with Gasteiger partial charge in [-0.15, -0.1) is 22.7 Å². The minimum absolute atomic E-state index is 0.377. The molecule has 6 heteroatoms. The number of rotatable bonds is 2. The van der Waals surface area contributed by atoms with E-state index in [4.69, 9.17) is 28.2 Å². The number of aromatic nitrogens is 2. The van der Waals surface area contributed by atoms with Crippen LogP contribution in [0.4, 0.5) is 0 Å². The van der Waals surface area contributed by atoms with E-state index in [-0.39, 0.29) is 0 Å². The maximum atomic E-state index is 5.99. The van der Waals surface area contributed by atoms with Gasteiger partial charge in [-0.2, -0.15) is 0 Å². The molecule has 0 spiro atoms. The molecular weight excluding hydrogens is 367 g/mol. The molecule has 1 aromatic carbocycles. The van der Waals surface area contributed by atoms with Gasteiger partial charge in [-0.25, -0.2) is 9.97 Å². The van der Waals surface area contributed by atoms with E-state index in [1.54, 1.807) is 34.8 Å². The highest BCUT2D eigenvalue weighted by Gasteiger charge is 2.14. The quantitative estimate of drug-likeness (QED) is 0.363. The number of hydrogen-bond acceptors (Lipinski definition) is 4. The van der Waals surface area contributed by atoms with Crippen molar-refractivity contribution in [1.29, 1.82) is 0 Å². The summed E-state index contributed by atoms with van der Waals surface area (Å²) in [6, 6.07) is 12.0. The summed E-state index contributed by atoms with van der Waals surface area (Å²) in [6.45, 7) is 2.15. The molecule has 0 aliphatic rings. The number of benzene rings is 1. The number of thiophene rings is 1. The lowest BCUT2D eigenvalue weighted by Crippen LogP contribution is -1.82. The summed E-state index contributed by atoms with van der Waals surface area (Å²) in [5, 5.41) is 5.01. The highest BCUT2D eigenvalue weighted by atomic mass is 35.5. The SMILES string of the molecule is Cc1c(-c2csc(-c3cc(Cl)nc(Cl)c3)n2)sc2ccccc12. The van der Waals surface area contributed by atoms with Crippen molar-refractivity contribution in [2.24, 2.45) is 0 Å².